The van der Waals surface area contributed by atoms with Gasteiger partial charge in [0.05, 0.1) is 5.56 Å². The zero-order valence-corrected chi connectivity index (χ0v) is 13.5. The number of esters is 1. The Bertz CT molecular complexity index is 665. The highest BCUT2D eigenvalue weighted by Gasteiger charge is 2.11. The van der Waals surface area contributed by atoms with Gasteiger partial charge in [0.2, 0.25) is 0 Å². The molecule has 22 heavy (non-hydrogen) atoms. The van der Waals surface area contributed by atoms with Gasteiger partial charge in [0.25, 0.3) is 0 Å². The average molecular weight is 314 g/mol. The maximum Gasteiger partial charge on any atom is 0.338 e. The van der Waals surface area contributed by atoms with Crippen LogP contribution in [-0.4, -0.2) is 17.0 Å². The first-order valence-corrected chi connectivity index (χ1v) is 8.09. The van der Waals surface area contributed by atoms with Gasteiger partial charge in [0.1, 0.15) is 5.94 Å². The standard InChI is InChI=1S/C18H18O3S/c1-3-14-11-16(18(20)21-12-22-13(2)19)9-10-17(14)15-7-5-4-6-8-15/h4-11H,3,12H2,1-2H3. The molecule has 114 valence electrons. The van der Waals surface area contributed by atoms with Crippen LogP contribution >= 0.6 is 11.8 Å². The Morgan fingerprint density at radius 2 is 1.82 bits per heavy atom. The molecule has 2 aromatic rings. The third-order valence-corrected chi connectivity index (χ3v) is 3.90. The minimum atomic E-state index is -0.400. The van der Waals surface area contributed by atoms with Crippen molar-refractivity contribution in [2.75, 3.05) is 5.94 Å². The van der Waals surface area contributed by atoms with Gasteiger partial charge >= 0.3 is 5.97 Å². The lowest BCUT2D eigenvalue weighted by molar-refractivity contribution is -0.109. The van der Waals surface area contributed by atoms with Crippen LogP contribution in [0.5, 0.6) is 0 Å². The van der Waals surface area contributed by atoms with Crippen LogP contribution in [0, 0.1) is 0 Å². The normalized spacial score (nSPS) is 10.3. The first-order valence-electron chi connectivity index (χ1n) is 7.10. The number of rotatable bonds is 5. The van der Waals surface area contributed by atoms with E-state index in [-0.39, 0.29) is 11.1 Å². The lowest BCUT2D eigenvalue weighted by Gasteiger charge is -2.10. The minimum absolute atomic E-state index is 0.0516. The maximum absolute atomic E-state index is 12.0. The molecule has 0 N–H and O–H groups in total. The van der Waals surface area contributed by atoms with E-state index in [0.717, 1.165) is 34.9 Å². The number of aryl methyl sites for hydroxylation is 1. The predicted molar refractivity (Wildman–Crippen MR) is 89.8 cm³/mol. The van der Waals surface area contributed by atoms with E-state index in [0.29, 0.717) is 5.56 Å². The van der Waals surface area contributed by atoms with Gasteiger partial charge in [-0.1, -0.05) is 43.3 Å². The molecule has 3 nitrogen and oxygen atoms in total. The maximum atomic E-state index is 12.0. The lowest BCUT2D eigenvalue weighted by atomic mass is 9.96. The summed E-state index contributed by atoms with van der Waals surface area (Å²) in [7, 11) is 0. The summed E-state index contributed by atoms with van der Waals surface area (Å²) in [6.07, 6.45) is 0.827. The van der Waals surface area contributed by atoms with E-state index in [1.165, 1.54) is 6.92 Å². The van der Waals surface area contributed by atoms with Crippen molar-refractivity contribution in [1.82, 2.24) is 0 Å². The van der Waals surface area contributed by atoms with E-state index in [9.17, 15) is 9.59 Å². The number of carbonyl (C=O) groups excluding carboxylic acids is 2. The van der Waals surface area contributed by atoms with Crippen molar-refractivity contribution < 1.29 is 14.3 Å². The molecule has 0 bridgehead atoms. The van der Waals surface area contributed by atoms with Crippen molar-refractivity contribution in [2.24, 2.45) is 0 Å². The minimum Gasteiger partial charge on any atom is -0.451 e. The third-order valence-electron chi connectivity index (χ3n) is 3.26. The van der Waals surface area contributed by atoms with Crippen LogP contribution < -0.4 is 0 Å². The summed E-state index contributed by atoms with van der Waals surface area (Å²) in [5.74, 6) is -0.348. The van der Waals surface area contributed by atoms with Gasteiger partial charge in [-0.3, -0.25) is 4.79 Å². The molecule has 0 radical (unpaired) electrons. The van der Waals surface area contributed by atoms with E-state index in [4.69, 9.17) is 4.74 Å². The van der Waals surface area contributed by atoms with Crippen LogP contribution in [0.2, 0.25) is 0 Å². The molecule has 0 saturated heterocycles. The fourth-order valence-electron chi connectivity index (χ4n) is 2.16. The number of carbonyl (C=O) groups is 2. The average Bonchev–Trinajstić information content (AvgIpc) is 2.54. The zero-order valence-electron chi connectivity index (χ0n) is 12.7. The molecule has 4 heteroatoms. The van der Waals surface area contributed by atoms with E-state index < -0.39 is 5.97 Å². The van der Waals surface area contributed by atoms with E-state index in [2.05, 4.69) is 19.1 Å². The van der Waals surface area contributed by atoms with Crippen LogP contribution in [-0.2, 0) is 16.0 Å². The summed E-state index contributed by atoms with van der Waals surface area (Å²) in [6, 6.07) is 15.7. The highest BCUT2D eigenvalue weighted by atomic mass is 32.2. The van der Waals surface area contributed by atoms with E-state index in [1.54, 1.807) is 6.07 Å². The smallest absolute Gasteiger partial charge is 0.338 e. The summed E-state index contributed by atoms with van der Waals surface area (Å²) in [5.41, 5.74) is 3.87. The van der Waals surface area contributed by atoms with Gasteiger partial charge < -0.3 is 4.74 Å². The first kappa shape index (κ1) is 16.3. The first-order chi connectivity index (χ1) is 10.6. The van der Waals surface area contributed by atoms with Gasteiger partial charge in [-0.05, 0) is 47.0 Å². The Hall–Kier alpha value is -2.07. The van der Waals surface area contributed by atoms with Crippen LogP contribution in [0.15, 0.2) is 48.5 Å². The molecule has 0 spiro atoms. The second-order valence-electron chi connectivity index (χ2n) is 4.78. The Morgan fingerprint density at radius 1 is 1.09 bits per heavy atom. The molecule has 0 aromatic heterocycles. The Kier molecular flexibility index (Phi) is 5.78. The van der Waals surface area contributed by atoms with Crippen LogP contribution in [0.4, 0.5) is 0 Å². The van der Waals surface area contributed by atoms with Crippen molar-refractivity contribution in [3.05, 3.63) is 59.7 Å². The zero-order chi connectivity index (χ0) is 15.9. The number of hydrogen-bond acceptors (Lipinski definition) is 4. The molecule has 0 aliphatic carbocycles. The molecule has 0 aliphatic rings. The molecule has 0 amide bonds. The second-order valence-corrected chi connectivity index (χ2v) is 5.88. The summed E-state index contributed by atoms with van der Waals surface area (Å²) in [6.45, 7) is 3.50. The quantitative estimate of drug-likeness (QED) is 0.609. The van der Waals surface area contributed by atoms with Crippen LogP contribution in [0.25, 0.3) is 11.1 Å². The number of thioether (sulfide) groups is 1. The second kappa shape index (κ2) is 7.80. The van der Waals surface area contributed by atoms with Crippen LogP contribution in [0.3, 0.4) is 0 Å². The molecular formula is C18H18O3S. The Labute approximate surface area is 134 Å². The summed E-state index contributed by atoms with van der Waals surface area (Å²) < 4.78 is 5.09. The fourth-order valence-corrected chi connectivity index (χ4v) is 2.49. The van der Waals surface area contributed by atoms with Gasteiger partial charge in [0, 0.05) is 6.92 Å². The predicted octanol–water partition coefficient (Wildman–Crippen LogP) is 4.31. The lowest BCUT2D eigenvalue weighted by Crippen LogP contribution is -2.06. The van der Waals surface area contributed by atoms with Crippen LogP contribution in [0.1, 0.15) is 29.8 Å². The monoisotopic (exact) mass is 314 g/mol. The SMILES string of the molecule is CCc1cc(C(=O)OCSC(C)=O)ccc1-c1ccccc1. The summed E-state index contributed by atoms with van der Waals surface area (Å²) in [5, 5.41) is -0.0681. The highest BCUT2D eigenvalue weighted by molar-refractivity contribution is 8.13. The Morgan fingerprint density at radius 3 is 2.45 bits per heavy atom. The van der Waals surface area contributed by atoms with Gasteiger partial charge in [-0.15, -0.1) is 0 Å². The Balaban J connectivity index is 2.18. The van der Waals surface area contributed by atoms with Crippen molar-refractivity contribution in [3.63, 3.8) is 0 Å². The molecule has 0 fully saturated rings. The molecular weight excluding hydrogens is 296 g/mol. The topological polar surface area (TPSA) is 43.4 Å². The summed E-state index contributed by atoms with van der Waals surface area (Å²) in [4.78, 5) is 22.8. The summed E-state index contributed by atoms with van der Waals surface area (Å²) >= 11 is 0.982. The van der Waals surface area contributed by atoms with Crippen molar-refractivity contribution >= 4 is 22.8 Å². The molecule has 0 saturated carbocycles. The molecule has 2 rings (SSSR count). The van der Waals surface area contributed by atoms with Gasteiger partial charge in [-0.25, -0.2) is 4.79 Å². The fraction of sp³-hybridized carbons (Fsp3) is 0.222. The van der Waals surface area contributed by atoms with Gasteiger partial charge in [-0.2, -0.15) is 0 Å². The van der Waals surface area contributed by atoms with E-state index in [1.807, 2.05) is 30.3 Å². The molecule has 0 atom stereocenters. The van der Waals surface area contributed by atoms with Gasteiger partial charge in [0.15, 0.2) is 5.12 Å². The molecule has 0 aliphatic heterocycles. The number of hydrogen-bond donors (Lipinski definition) is 0. The molecule has 0 unspecified atom stereocenters. The molecule has 2 aromatic carbocycles. The highest BCUT2D eigenvalue weighted by Crippen LogP contribution is 2.25. The van der Waals surface area contributed by atoms with Crippen molar-refractivity contribution in [1.29, 1.82) is 0 Å². The van der Waals surface area contributed by atoms with Crippen molar-refractivity contribution in [2.45, 2.75) is 20.3 Å². The number of ether oxygens (including phenoxy) is 1. The third kappa shape index (κ3) is 4.21. The number of benzene rings is 2. The van der Waals surface area contributed by atoms with E-state index >= 15 is 0 Å². The largest absolute Gasteiger partial charge is 0.451 e. The van der Waals surface area contributed by atoms with Crippen molar-refractivity contribution in [3.8, 4) is 11.1 Å². The molecule has 0 heterocycles.